The van der Waals surface area contributed by atoms with Gasteiger partial charge in [0, 0.05) is 30.5 Å². The number of oxazole rings is 1. The van der Waals surface area contributed by atoms with E-state index in [1.165, 1.54) is 12.1 Å². The zero-order chi connectivity index (χ0) is 28.9. The van der Waals surface area contributed by atoms with Gasteiger partial charge < -0.3 is 14.1 Å². The molecule has 0 aliphatic rings. The molecule has 0 spiro atoms. The minimum atomic E-state index is -3.83. The number of aliphatic hydroxyl groups excluding tert-OH is 1. The van der Waals surface area contributed by atoms with Gasteiger partial charge in [-0.1, -0.05) is 29.3 Å². The van der Waals surface area contributed by atoms with Crippen LogP contribution in [0, 0.1) is 26.6 Å². The molecule has 8 nitrogen and oxygen atoms in total. The van der Waals surface area contributed by atoms with E-state index in [1.807, 2.05) is 30.7 Å². The van der Waals surface area contributed by atoms with E-state index in [4.69, 9.17) is 27.6 Å². The maximum atomic E-state index is 15.0. The normalized spacial score (nSPS) is 11.8. The van der Waals surface area contributed by atoms with Crippen molar-refractivity contribution in [3.05, 3.63) is 87.8 Å². The molecule has 2 aromatic carbocycles. The molecule has 1 N–H and O–H groups in total. The number of aromatic nitrogens is 4. The molecule has 40 heavy (non-hydrogen) atoms. The van der Waals surface area contributed by atoms with E-state index < -0.39 is 22.3 Å². The van der Waals surface area contributed by atoms with Crippen LogP contribution < -0.4 is 0 Å². The lowest BCUT2D eigenvalue weighted by Gasteiger charge is -2.15. The molecule has 3 heterocycles. The maximum Gasteiger partial charge on any atom is 0.192 e. The predicted octanol–water partition coefficient (Wildman–Crippen LogP) is 6.52. The first-order valence-corrected chi connectivity index (χ1v) is 14.6. The van der Waals surface area contributed by atoms with E-state index in [0.29, 0.717) is 45.3 Å². The Hall–Kier alpha value is -3.57. The first kappa shape index (κ1) is 28.0. The van der Waals surface area contributed by atoms with Crippen LogP contribution in [0.3, 0.4) is 0 Å². The van der Waals surface area contributed by atoms with Crippen molar-refractivity contribution in [1.82, 2.24) is 19.5 Å². The largest absolute Gasteiger partial charge is 0.440 e. The number of pyridine rings is 1. The van der Waals surface area contributed by atoms with E-state index in [9.17, 15) is 13.5 Å². The fourth-order valence-electron chi connectivity index (χ4n) is 4.61. The van der Waals surface area contributed by atoms with E-state index in [2.05, 4.69) is 15.0 Å². The third kappa shape index (κ3) is 5.15. The second-order valence-corrected chi connectivity index (χ2v) is 12.0. The van der Waals surface area contributed by atoms with E-state index in [-0.39, 0.29) is 20.8 Å². The molecule has 0 saturated heterocycles. The Labute approximate surface area is 240 Å². The molecule has 3 aromatic heterocycles. The average molecular weight is 601 g/mol. The number of hydrogen-bond donors (Lipinski definition) is 1. The summed E-state index contributed by atoms with van der Waals surface area (Å²) in [6.07, 6.45) is 2.84. The van der Waals surface area contributed by atoms with Crippen molar-refractivity contribution >= 4 is 33.0 Å². The number of aryl methyl sites for hydroxylation is 3. The molecular weight excluding hydrogens is 578 g/mol. The van der Waals surface area contributed by atoms with Crippen molar-refractivity contribution < 1.29 is 22.3 Å². The number of sulfone groups is 1. The highest BCUT2D eigenvalue weighted by atomic mass is 35.5. The summed E-state index contributed by atoms with van der Waals surface area (Å²) in [4.78, 5) is 13.0. The Morgan fingerprint density at radius 3 is 2.35 bits per heavy atom. The van der Waals surface area contributed by atoms with Crippen LogP contribution in [0.4, 0.5) is 4.39 Å². The third-order valence-electron chi connectivity index (χ3n) is 6.35. The number of rotatable bonds is 6. The average Bonchev–Trinajstić information content (AvgIpc) is 3.43. The molecule has 0 unspecified atom stereocenters. The van der Waals surface area contributed by atoms with E-state index >= 15 is 4.39 Å². The zero-order valence-corrected chi connectivity index (χ0v) is 24.2. The second kappa shape index (κ2) is 10.4. The summed E-state index contributed by atoms with van der Waals surface area (Å²) in [6.45, 7) is 4.68. The molecule has 12 heteroatoms. The van der Waals surface area contributed by atoms with Crippen LogP contribution in [0.25, 0.3) is 39.4 Å². The van der Waals surface area contributed by atoms with Gasteiger partial charge in [-0.2, -0.15) is 0 Å². The van der Waals surface area contributed by atoms with E-state index in [1.54, 1.807) is 31.2 Å². The lowest BCUT2D eigenvalue weighted by Crippen LogP contribution is -2.06. The zero-order valence-electron chi connectivity index (χ0n) is 21.8. The summed E-state index contributed by atoms with van der Waals surface area (Å²) in [5, 5.41) is 9.97. The van der Waals surface area contributed by atoms with Crippen LogP contribution in [0.5, 0.6) is 0 Å². The number of hydrogen-bond acceptors (Lipinski definition) is 7. The smallest absolute Gasteiger partial charge is 0.192 e. The first-order valence-electron chi connectivity index (χ1n) is 12.0. The van der Waals surface area contributed by atoms with Gasteiger partial charge in [0.15, 0.2) is 21.5 Å². The standard InChI is InChI=1S/C28H23Cl2FN4O4S/c1-14-12-35(15(2)32-14)23-7-5-17(18-10-22(31)21(13-36)24(11-18)40(4,37)38)9-20(23)26-27(39-16(3)33-26)19-6-8-25(29)34-28(19)30/h5-12,36H,13H2,1-4H3. The summed E-state index contributed by atoms with van der Waals surface area (Å²) in [6, 6.07) is 11.1. The highest BCUT2D eigenvalue weighted by molar-refractivity contribution is 7.90. The molecule has 0 aliphatic carbocycles. The number of aliphatic hydroxyl groups is 1. The third-order valence-corrected chi connectivity index (χ3v) is 8.01. The molecule has 206 valence electrons. The van der Waals surface area contributed by atoms with Gasteiger partial charge in [0.2, 0.25) is 0 Å². The number of nitrogens with zero attached hydrogens (tertiary/aromatic N) is 4. The van der Waals surface area contributed by atoms with Crippen LogP contribution in [0.15, 0.2) is 58.0 Å². The fourth-order valence-corrected chi connectivity index (χ4v) is 5.99. The summed E-state index contributed by atoms with van der Waals surface area (Å²) in [5.74, 6) is 0.600. The SMILES string of the molecule is Cc1cn(-c2ccc(-c3cc(F)c(CO)c(S(C)(=O)=O)c3)cc2-c2nc(C)oc2-c2ccc(Cl)nc2Cl)c(C)n1. The monoisotopic (exact) mass is 600 g/mol. The van der Waals surface area contributed by atoms with Crippen LogP contribution in [-0.4, -0.2) is 39.3 Å². The minimum Gasteiger partial charge on any atom is -0.440 e. The molecule has 0 amide bonds. The van der Waals surface area contributed by atoms with Gasteiger partial charge in [-0.15, -0.1) is 0 Å². The van der Waals surface area contributed by atoms with Gasteiger partial charge in [0.25, 0.3) is 0 Å². The lowest BCUT2D eigenvalue weighted by atomic mass is 9.97. The Morgan fingerprint density at radius 1 is 0.975 bits per heavy atom. The van der Waals surface area contributed by atoms with Gasteiger partial charge in [-0.3, -0.25) is 0 Å². The van der Waals surface area contributed by atoms with Crippen LogP contribution in [0.2, 0.25) is 10.3 Å². The van der Waals surface area contributed by atoms with Crippen molar-refractivity contribution in [2.24, 2.45) is 0 Å². The van der Waals surface area contributed by atoms with Crippen LogP contribution >= 0.6 is 23.2 Å². The molecule has 5 rings (SSSR count). The maximum absolute atomic E-state index is 15.0. The molecule has 0 radical (unpaired) electrons. The molecule has 0 aliphatic heterocycles. The summed E-state index contributed by atoms with van der Waals surface area (Å²) in [5.41, 5.74) is 3.51. The van der Waals surface area contributed by atoms with Crippen molar-refractivity contribution in [2.45, 2.75) is 32.3 Å². The van der Waals surface area contributed by atoms with Gasteiger partial charge in [-0.25, -0.2) is 27.8 Å². The van der Waals surface area contributed by atoms with Crippen molar-refractivity contribution in [2.75, 3.05) is 6.26 Å². The predicted molar refractivity (Wildman–Crippen MR) is 151 cm³/mol. The number of halogens is 3. The quantitative estimate of drug-likeness (QED) is 0.221. The Bertz CT molecular complexity index is 1900. The fraction of sp³-hybridized carbons (Fsp3) is 0.179. The van der Waals surface area contributed by atoms with Gasteiger partial charge >= 0.3 is 0 Å². The van der Waals surface area contributed by atoms with Crippen molar-refractivity contribution in [1.29, 1.82) is 0 Å². The number of benzene rings is 2. The molecule has 0 atom stereocenters. The van der Waals surface area contributed by atoms with Crippen molar-refractivity contribution in [3.63, 3.8) is 0 Å². The highest BCUT2D eigenvalue weighted by Gasteiger charge is 2.24. The second-order valence-electron chi connectivity index (χ2n) is 9.28. The molecular formula is C28H23Cl2FN4O4S. The van der Waals surface area contributed by atoms with E-state index in [0.717, 1.165) is 17.8 Å². The summed E-state index contributed by atoms with van der Waals surface area (Å²) >= 11 is 12.5. The first-order chi connectivity index (χ1) is 18.9. The van der Waals surface area contributed by atoms with Crippen LogP contribution in [0.1, 0.15) is 23.0 Å². The molecule has 0 bridgehead atoms. The summed E-state index contributed by atoms with van der Waals surface area (Å²) < 4.78 is 47.8. The van der Waals surface area contributed by atoms with Crippen LogP contribution in [-0.2, 0) is 16.4 Å². The van der Waals surface area contributed by atoms with Gasteiger partial charge in [0.1, 0.15) is 27.6 Å². The highest BCUT2D eigenvalue weighted by Crippen LogP contribution is 2.41. The lowest BCUT2D eigenvalue weighted by molar-refractivity contribution is 0.272. The summed E-state index contributed by atoms with van der Waals surface area (Å²) in [7, 11) is -3.83. The molecule has 5 aromatic rings. The Kier molecular flexibility index (Phi) is 7.30. The van der Waals surface area contributed by atoms with Crippen molar-refractivity contribution in [3.8, 4) is 39.4 Å². The minimum absolute atomic E-state index is 0.122. The molecule has 0 saturated carbocycles. The number of imidazole rings is 1. The Balaban J connectivity index is 1.81. The van der Waals surface area contributed by atoms with Gasteiger partial charge in [0.05, 0.1) is 28.4 Å². The molecule has 0 fully saturated rings. The topological polar surface area (TPSA) is 111 Å². The van der Waals surface area contributed by atoms with Gasteiger partial charge in [-0.05, 0) is 61.4 Å². The Morgan fingerprint density at radius 2 is 1.73 bits per heavy atom.